The highest BCUT2D eigenvalue weighted by Crippen LogP contribution is 2.41. The van der Waals surface area contributed by atoms with Crippen molar-refractivity contribution in [2.24, 2.45) is 13.0 Å². The van der Waals surface area contributed by atoms with E-state index in [1.165, 1.54) is 22.0 Å². The van der Waals surface area contributed by atoms with Crippen molar-refractivity contribution in [2.45, 2.75) is 23.8 Å². The van der Waals surface area contributed by atoms with Crippen molar-refractivity contribution in [3.63, 3.8) is 0 Å². The molecule has 0 saturated carbocycles. The number of hydrogen-bond acceptors (Lipinski definition) is 6. The SMILES string of the molecule is Cc1nc2c(N3CC[C@](I)(Nc4ccc(Cl)cc4F)[C@@H](C)C3)c(C#N)c(=O)n(C)c2s1. The lowest BCUT2D eigenvalue weighted by atomic mass is 9.92. The second-order valence-corrected chi connectivity index (χ2v) is 11.3. The van der Waals surface area contributed by atoms with Gasteiger partial charge in [0.25, 0.3) is 5.56 Å². The van der Waals surface area contributed by atoms with Crippen molar-refractivity contribution in [3.8, 4) is 6.07 Å². The standard InChI is InChI=1S/C21H20ClFIN5OS/c1-11-10-29(7-6-21(11,24)27-16-5-4-13(22)8-15(16)23)18-14(9-25)19(30)28(3)20-17(18)26-12(2)31-20/h4-5,8,11,27H,6-7,10H2,1-3H3/t11-,21-/m0/s1. The van der Waals surface area contributed by atoms with Crippen LogP contribution < -0.4 is 15.8 Å². The highest BCUT2D eigenvalue weighted by molar-refractivity contribution is 14.1. The molecule has 31 heavy (non-hydrogen) atoms. The highest BCUT2D eigenvalue weighted by Gasteiger charge is 2.40. The van der Waals surface area contributed by atoms with Crippen molar-refractivity contribution in [3.05, 3.63) is 50.0 Å². The summed E-state index contributed by atoms with van der Waals surface area (Å²) in [6.07, 6.45) is 0.682. The molecule has 0 spiro atoms. The van der Waals surface area contributed by atoms with Crippen LogP contribution in [0.5, 0.6) is 0 Å². The number of fused-ring (bicyclic) bond motifs is 1. The lowest BCUT2D eigenvalue weighted by Gasteiger charge is -2.45. The molecule has 1 aromatic carbocycles. The Hall–Kier alpha value is -1.90. The quantitative estimate of drug-likeness (QED) is 0.270. The summed E-state index contributed by atoms with van der Waals surface area (Å²) in [5, 5.41) is 14.3. The summed E-state index contributed by atoms with van der Waals surface area (Å²) in [5.41, 5.74) is 1.50. The smallest absolute Gasteiger partial charge is 0.271 e. The number of halogens is 3. The molecule has 0 unspecified atom stereocenters. The molecule has 6 nitrogen and oxygen atoms in total. The molecule has 1 fully saturated rings. The molecule has 1 aliphatic heterocycles. The van der Waals surface area contributed by atoms with E-state index in [9.17, 15) is 14.4 Å². The van der Waals surface area contributed by atoms with E-state index in [2.05, 4.69) is 50.8 Å². The second kappa shape index (κ2) is 8.22. The van der Waals surface area contributed by atoms with Gasteiger partial charge in [-0.3, -0.25) is 4.79 Å². The summed E-state index contributed by atoms with van der Waals surface area (Å²) < 4.78 is 15.5. The molecule has 0 aliphatic carbocycles. The number of pyridine rings is 1. The second-order valence-electron chi connectivity index (χ2n) is 7.79. The van der Waals surface area contributed by atoms with Crippen molar-refractivity contribution < 1.29 is 4.39 Å². The number of nitriles is 1. The Labute approximate surface area is 201 Å². The van der Waals surface area contributed by atoms with E-state index in [1.807, 2.05) is 6.92 Å². The summed E-state index contributed by atoms with van der Waals surface area (Å²) in [4.78, 5) is 20.3. The number of rotatable bonds is 3. The number of nitrogens with zero attached hydrogens (tertiary/aromatic N) is 4. The molecular formula is C21H20ClFIN5OS. The fraction of sp³-hybridized carbons (Fsp3) is 0.381. The first-order valence-corrected chi connectivity index (χ1v) is 12.0. The molecule has 4 rings (SSSR count). The van der Waals surface area contributed by atoms with Gasteiger partial charge in [0.2, 0.25) is 0 Å². The first kappa shape index (κ1) is 22.3. The van der Waals surface area contributed by atoms with Crippen LogP contribution in [-0.2, 0) is 7.05 Å². The maximum atomic E-state index is 14.4. The first-order chi connectivity index (χ1) is 14.6. The first-order valence-electron chi connectivity index (χ1n) is 9.72. The monoisotopic (exact) mass is 571 g/mol. The summed E-state index contributed by atoms with van der Waals surface area (Å²) in [6, 6.07) is 6.70. The maximum Gasteiger partial charge on any atom is 0.271 e. The molecule has 0 radical (unpaired) electrons. The topological polar surface area (TPSA) is 74.0 Å². The van der Waals surface area contributed by atoms with Crippen LogP contribution in [0.3, 0.4) is 0 Å². The molecular weight excluding hydrogens is 552 g/mol. The number of benzene rings is 1. The largest absolute Gasteiger partial charge is 0.368 e. The van der Waals surface area contributed by atoms with E-state index < -0.39 is 9.36 Å². The Bertz CT molecular complexity index is 1290. The number of thiazole rings is 1. The average molecular weight is 572 g/mol. The van der Waals surface area contributed by atoms with Crippen LogP contribution in [0.15, 0.2) is 23.0 Å². The van der Waals surface area contributed by atoms with Crippen LogP contribution in [0.4, 0.5) is 15.8 Å². The number of aryl methyl sites for hydroxylation is 2. The van der Waals surface area contributed by atoms with Gasteiger partial charge in [-0.2, -0.15) is 5.26 Å². The van der Waals surface area contributed by atoms with Gasteiger partial charge in [0, 0.05) is 31.1 Å². The Kier molecular flexibility index (Phi) is 5.91. The van der Waals surface area contributed by atoms with Gasteiger partial charge in [0.05, 0.1) is 19.9 Å². The minimum Gasteiger partial charge on any atom is -0.368 e. The molecule has 1 N–H and O–H groups in total. The zero-order valence-corrected chi connectivity index (χ0v) is 20.9. The Morgan fingerprint density at radius 1 is 1.48 bits per heavy atom. The summed E-state index contributed by atoms with van der Waals surface area (Å²) >= 11 is 9.67. The minimum atomic E-state index is -0.396. The Morgan fingerprint density at radius 2 is 2.23 bits per heavy atom. The van der Waals surface area contributed by atoms with Gasteiger partial charge in [0.15, 0.2) is 0 Å². The molecule has 10 heteroatoms. The van der Waals surface area contributed by atoms with Crippen LogP contribution in [0.1, 0.15) is 23.9 Å². The number of alkyl halides is 1. The van der Waals surface area contributed by atoms with E-state index in [4.69, 9.17) is 11.6 Å². The van der Waals surface area contributed by atoms with Crippen LogP contribution in [0.25, 0.3) is 10.3 Å². The van der Waals surface area contributed by atoms with Crippen molar-refractivity contribution in [1.29, 1.82) is 5.26 Å². The van der Waals surface area contributed by atoms with Gasteiger partial charge in [0.1, 0.15) is 27.8 Å². The van der Waals surface area contributed by atoms with Crippen LogP contribution in [-0.4, -0.2) is 26.2 Å². The van der Waals surface area contributed by atoms with Crippen LogP contribution >= 0.6 is 45.5 Å². The molecule has 1 saturated heterocycles. The van der Waals surface area contributed by atoms with Crippen LogP contribution in [0, 0.1) is 30.0 Å². The minimum absolute atomic E-state index is 0.0855. The predicted molar refractivity (Wildman–Crippen MR) is 132 cm³/mol. The highest BCUT2D eigenvalue weighted by atomic mass is 127. The third-order valence-corrected chi connectivity index (χ3v) is 8.88. The number of nitrogens with one attached hydrogen (secondary N) is 1. The van der Waals surface area contributed by atoms with E-state index >= 15 is 0 Å². The van der Waals surface area contributed by atoms with Crippen molar-refractivity contribution in [2.75, 3.05) is 23.3 Å². The molecule has 162 valence electrons. The Balaban J connectivity index is 1.69. The molecule has 3 heterocycles. The molecule has 0 bridgehead atoms. The van der Waals surface area contributed by atoms with Gasteiger partial charge < -0.3 is 14.8 Å². The zero-order chi connectivity index (χ0) is 22.5. The Morgan fingerprint density at radius 3 is 2.87 bits per heavy atom. The molecule has 0 amide bonds. The molecule has 2 aromatic heterocycles. The fourth-order valence-electron chi connectivity index (χ4n) is 4.00. The van der Waals surface area contributed by atoms with Gasteiger partial charge in [-0.1, -0.05) is 41.1 Å². The van der Waals surface area contributed by atoms with E-state index in [0.29, 0.717) is 41.4 Å². The average Bonchev–Trinajstić information content (AvgIpc) is 3.10. The van der Waals surface area contributed by atoms with E-state index in [-0.39, 0.29) is 17.0 Å². The van der Waals surface area contributed by atoms with Gasteiger partial charge >= 0.3 is 0 Å². The lowest BCUT2D eigenvalue weighted by Crippen LogP contribution is -2.52. The number of anilines is 2. The summed E-state index contributed by atoms with van der Waals surface area (Å²) in [6.45, 7) is 5.17. The molecule has 1 aliphatic rings. The van der Waals surface area contributed by atoms with Crippen LogP contribution in [0.2, 0.25) is 5.02 Å². The summed E-state index contributed by atoms with van der Waals surface area (Å²) in [5.74, 6) is -0.307. The number of piperidine rings is 1. The fourth-order valence-corrected chi connectivity index (χ4v) is 5.76. The van der Waals surface area contributed by atoms with Gasteiger partial charge in [-0.25, -0.2) is 9.37 Å². The summed E-state index contributed by atoms with van der Waals surface area (Å²) in [7, 11) is 1.67. The van der Waals surface area contributed by atoms with Crippen molar-refractivity contribution in [1.82, 2.24) is 9.55 Å². The lowest BCUT2D eigenvalue weighted by molar-refractivity contribution is 0.387. The molecule has 2 atom stereocenters. The van der Waals surface area contributed by atoms with Gasteiger partial charge in [-0.05, 0) is 31.5 Å². The van der Waals surface area contributed by atoms with Gasteiger partial charge in [-0.15, -0.1) is 11.3 Å². The number of aromatic nitrogens is 2. The maximum absolute atomic E-state index is 14.4. The van der Waals surface area contributed by atoms with E-state index in [0.717, 1.165) is 9.84 Å². The van der Waals surface area contributed by atoms with Crippen molar-refractivity contribution >= 4 is 67.3 Å². The molecule has 3 aromatic rings. The third-order valence-electron chi connectivity index (χ3n) is 5.72. The third kappa shape index (κ3) is 3.90. The normalized spacial score (nSPS) is 21.3. The predicted octanol–water partition coefficient (Wildman–Crippen LogP) is 5.06. The number of hydrogen-bond donors (Lipinski definition) is 1. The zero-order valence-electron chi connectivity index (χ0n) is 17.2. The van der Waals surface area contributed by atoms with E-state index in [1.54, 1.807) is 19.2 Å².